The first kappa shape index (κ1) is 15.5. The summed E-state index contributed by atoms with van der Waals surface area (Å²) in [4.78, 5) is 14.4. The molecule has 2 rings (SSSR count). The molecule has 1 aliphatic carbocycles. The average Bonchev–Trinajstić information content (AvgIpc) is 3.27. The topological polar surface area (TPSA) is 70.4 Å². The van der Waals surface area contributed by atoms with Gasteiger partial charge in [0.25, 0.3) is 5.56 Å². The lowest BCUT2D eigenvalue weighted by Gasteiger charge is -2.20. The molecule has 1 fully saturated rings. The van der Waals surface area contributed by atoms with Gasteiger partial charge in [-0.25, -0.2) is 4.68 Å². The fourth-order valence-corrected chi connectivity index (χ4v) is 2.66. The Bertz CT molecular complexity index is 502. The van der Waals surface area contributed by atoms with E-state index < -0.39 is 0 Å². The number of aliphatic hydroxyl groups excluding tert-OH is 1. The average molecular weight is 345 g/mol. The molecule has 1 aromatic rings. The maximum atomic E-state index is 11.9. The zero-order chi connectivity index (χ0) is 14.5. The lowest BCUT2D eigenvalue weighted by molar-refractivity contribution is 0.266. The maximum absolute atomic E-state index is 11.9. The zero-order valence-electron chi connectivity index (χ0n) is 11.7. The summed E-state index contributed by atoms with van der Waals surface area (Å²) in [5, 5.41) is 16.1. The molecule has 20 heavy (non-hydrogen) atoms. The van der Waals surface area contributed by atoms with Crippen molar-refractivity contribution in [2.45, 2.75) is 32.4 Å². The van der Waals surface area contributed by atoms with Crippen LogP contribution in [0, 0.1) is 0 Å². The SMILES string of the molecule is CCN(CCNc1cnn(CCO)c(=O)c1Br)C1CC1. The van der Waals surface area contributed by atoms with Gasteiger partial charge >= 0.3 is 0 Å². The summed E-state index contributed by atoms with van der Waals surface area (Å²) >= 11 is 3.30. The van der Waals surface area contributed by atoms with E-state index in [4.69, 9.17) is 5.11 Å². The minimum atomic E-state index is -0.224. The third-order valence-corrected chi connectivity index (χ3v) is 4.25. The minimum Gasteiger partial charge on any atom is -0.394 e. The van der Waals surface area contributed by atoms with Gasteiger partial charge in [-0.2, -0.15) is 5.10 Å². The quantitative estimate of drug-likeness (QED) is 0.733. The monoisotopic (exact) mass is 344 g/mol. The molecular formula is C13H21BrN4O2. The van der Waals surface area contributed by atoms with E-state index in [1.807, 2.05) is 0 Å². The van der Waals surface area contributed by atoms with E-state index in [2.05, 4.69) is 38.2 Å². The zero-order valence-corrected chi connectivity index (χ0v) is 13.3. The van der Waals surface area contributed by atoms with Gasteiger partial charge in [0.1, 0.15) is 4.47 Å². The first-order chi connectivity index (χ1) is 9.67. The molecule has 7 heteroatoms. The fourth-order valence-electron chi connectivity index (χ4n) is 2.22. The van der Waals surface area contributed by atoms with Crippen molar-refractivity contribution in [3.8, 4) is 0 Å². The van der Waals surface area contributed by atoms with Crippen molar-refractivity contribution >= 4 is 21.6 Å². The van der Waals surface area contributed by atoms with Crippen LogP contribution in [0.3, 0.4) is 0 Å². The van der Waals surface area contributed by atoms with E-state index in [0.717, 1.165) is 25.7 Å². The van der Waals surface area contributed by atoms with Crippen molar-refractivity contribution in [1.82, 2.24) is 14.7 Å². The van der Waals surface area contributed by atoms with Crippen LogP contribution in [0.5, 0.6) is 0 Å². The number of nitrogens with one attached hydrogen (secondary N) is 1. The van der Waals surface area contributed by atoms with Gasteiger partial charge in [0.2, 0.25) is 0 Å². The van der Waals surface area contributed by atoms with Gasteiger partial charge in [0.15, 0.2) is 0 Å². The summed E-state index contributed by atoms with van der Waals surface area (Å²) in [5.41, 5.74) is 0.481. The standard InChI is InChI=1S/C13H21BrN4O2/c1-2-17(10-3-4-10)6-5-15-11-9-16-18(7-8-19)13(20)12(11)14/h9-10,15,19H,2-8H2,1H3. The van der Waals surface area contributed by atoms with Crippen LogP contribution in [-0.2, 0) is 6.54 Å². The van der Waals surface area contributed by atoms with Crippen LogP contribution in [0.25, 0.3) is 0 Å². The van der Waals surface area contributed by atoms with Crippen LogP contribution in [0.4, 0.5) is 5.69 Å². The molecule has 0 radical (unpaired) electrons. The van der Waals surface area contributed by atoms with Gasteiger partial charge in [-0.05, 0) is 35.3 Å². The molecule has 0 atom stereocenters. The van der Waals surface area contributed by atoms with Crippen molar-refractivity contribution in [3.63, 3.8) is 0 Å². The molecule has 0 aromatic carbocycles. The normalized spacial score (nSPS) is 14.8. The molecule has 6 nitrogen and oxygen atoms in total. The van der Waals surface area contributed by atoms with Crippen LogP contribution < -0.4 is 10.9 Å². The van der Waals surface area contributed by atoms with Crippen molar-refractivity contribution in [2.75, 3.05) is 31.6 Å². The molecule has 0 amide bonds. The molecule has 0 unspecified atom stereocenters. The molecule has 0 saturated heterocycles. The highest BCUT2D eigenvalue weighted by Crippen LogP contribution is 2.26. The van der Waals surface area contributed by atoms with Gasteiger partial charge in [-0.1, -0.05) is 6.92 Å². The highest BCUT2D eigenvalue weighted by Gasteiger charge is 2.27. The second-order valence-electron chi connectivity index (χ2n) is 4.91. The number of aliphatic hydroxyl groups is 1. The number of anilines is 1. The van der Waals surface area contributed by atoms with Crippen LogP contribution >= 0.6 is 15.9 Å². The van der Waals surface area contributed by atoms with Crippen LogP contribution in [0.15, 0.2) is 15.5 Å². The molecule has 0 spiro atoms. The van der Waals surface area contributed by atoms with E-state index in [1.165, 1.54) is 17.5 Å². The lowest BCUT2D eigenvalue weighted by atomic mass is 10.4. The Kier molecular flexibility index (Phi) is 5.56. The molecule has 2 N–H and O–H groups in total. The second kappa shape index (κ2) is 7.19. The summed E-state index contributed by atoms with van der Waals surface area (Å²) < 4.78 is 1.72. The maximum Gasteiger partial charge on any atom is 0.283 e. The highest BCUT2D eigenvalue weighted by atomic mass is 79.9. The Labute approximate surface area is 126 Å². The molecular weight excluding hydrogens is 324 g/mol. The largest absolute Gasteiger partial charge is 0.394 e. The number of halogens is 1. The van der Waals surface area contributed by atoms with E-state index in [-0.39, 0.29) is 18.7 Å². The van der Waals surface area contributed by atoms with Crippen molar-refractivity contribution < 1.29 is 5.11 Å². The van der Waals surface area contributed by atoms with Crippen molar-refractivity contribution in [2.24, 2.45) is 0 Å². The number of nitrogens with zero attached hydrogens (tertiary/aromatic N) is 3. The Morgan fingerprint density at radius 3 is 2.95 bits per heavy atom. The Morgan fingerprint density at radius 2 is 2.35 bits per heavy atom. The van der Waals surface area contributed by atoms with E-state index in [1.54, 1.807) is 6.20 Å². The molecule has 1 aromatic heterocycles. The first-order valence-corrected chi connectivity index (χ1v) is 7.81. The van der Waals surface area contributed by atoms with Crippen LogP contribution in [0.2, 0.25) is 0 Å². The van der Waals surface area contributed by atoms with E-state index in [9.17, 15) is 4.79 Å². The van der Waals surface area contributed by atoms with E-state index in [0.29, 0.717) is 10.2 Å². The smallest absolute Gasteiger partial charge is 0.283 e. The number of aromatic nitrogens is 2. The summed E-state index contributed by atoms with van der Waals surface area (Å²) in [6.07, 6.45) is 4.22. The fraction of sp³-hybridized carbons (Fsp3) is 0.692. The summed E-state index contributed by atoms with van der Waals surface area (Å²) in [6.45, 7) is 5.10. The number of hydrogen-bond acceptors (Lipinski definition) is 5. The number of hydrogen-bond donors (Lipinski definition) is 2. The number of likely N-dealkylation sites (N-methyl/N-ethyl adjacent to an activating group) is 1. The third-order valence-electron chi connectivity index (χ3n) is 3.48. The predicted octanol–water partition coefficient (Wildman–Crippen LogP) is 0.894. The Morgan fingerprint density at radius 1 is 1.60 bits per heavy atom. The number of rotatable bonds is 8. The predicted molar refractivity (Wildman–Crippen MR) is 82.0 cm³/mol. The molecule has 1 heterocycles. The first-order valence-electron chi connectivity index (χ1n) is 7.01. The summed E-state index contributed by atoms with van der Waals surface area (Å²) in [7, 11) is 0. The summed E-state index contributed by atoms with van der Waals surface area (Å²) in [6, 6.07) is 0.751. The van der Waals surface area contributed by atoms with Crippen molar-refractivity contribution in [1.29, 1.82) is 0 Å². The molecule has 1 aliphatic rings. The van der Waals surface area contributed by atoms with E-state index >= 15 is 0 Å². The Hall–Kier alpha value is -0.920. The molecule has 1 saturated carbocycles. The van der Waals surface area contributed by atoms with Crippen LogP contribution in [-0.4, -0.2) is 52.1 Å². The molecule has 0 bridgehead atoms. The molecule has 112 valence electrons. The molecule has 0 aliphatic heterocycles. The van der Waals surface area contributed by atoms with Crippen molar-refractivity contribution in [3.05, 3.63) is 21.0 Å². The van der Waals surface area contributed by atoms with Gasteiger partial charge in [0, 0.05) is 19.1 Å². The lowest BCUT2D eigenvalue weighted by Crippen LogP contribution is -2.31. The third kappa shape index (κ3) is 3.80. The van der Waals surface area contributed by atoms with Gasteiger partial charge in [0.05, 0.1) is 25.0 Å². The minimum absolute atomic E-state index is 0.0982. The van der Waals surface area contributed by atoms with Gasteiger partial charge in [-0.15, -0.1) is 0 Å². The Balaban J connectivity index is 1.92. The summed E-state index contributed by atoms with van der Waals surface area (Å²) in [5.74, 6) is 0. The van der Waals surface area contributed by atoms with Gasteiger partial charge < -0.3 is 10.4 Å². The van der Waals surface area contributed by atoms with Gasteiger partial charge in [-0.3, -0.25) is 9.69 Å². The second-order valence-corrected chi connectivity index (χ2v) is 5.70. The van der Waals surface area contributed by atoms with Crippen LogP contribution in [0.1, 0.15) is 19.8 Å². The highest BCUT2D eigenvalue weighted by molar-refractivity contribution is 9.10.